The fourth-order valence-corrected chi connectivity index (χ4v) is 1.90. The largest absolute Gasteiger partial charge is 0.331 e. The van der Waals surface area contributed by atoms with Crippen molar-refractivity contribution in [3.05, 3.63) is 35.8 Å². The number of carbonyl (C=O) groups is 1. The molecular weight excluding hydrogens is 280 g/mol. The summed E-state index contributed by atoms with van der Waals surface area (Å²) in [7, 11) is 1.84. The van der Waals surface area contributed by atoms with Crippen molar-refractivity contribution < 1.29 is 4.79 Å². The van der Waals surface area contributed by atoms with Crippen molar-refractivity contribution >= 4 is 11.8 Å². The zero-order valence-corrected chi connectivity index (χ0v) is 13.6. The average Bonchev–Trinajstić information content (AvgIpc) is 2.85. The highest BCUT2D eigenvalue weighted by molar-refractivity contribution is 5.88. The van der Waals surface area contributed by atoms with Crippen LogP contribution in [0.1, 0.15) is 45.0 Å². The molecule has 22 heavy (non-hydrogen) atoms. The highest BCUT2D eigenvalue weighted by Crippen LogP contribution is 2.19. The van der Waals surface area contributed by atoms with Crippen LogP contribution in [0, 0.1) is 0 Å². The second-order valence-electron chi connectivity index (χ2n) is 6.32. The molecule has 118 valence electrons. The molecular formula is C15H22N6O. The normalized spacial score (nSPS) is 12.8. The third-order valence-corrected chi connectivity index (χ3v) is 3.25. The Morgan fingerprint density at radius 3 is 2.50 bits per heavy atom. The number of nitrogens with one attached hydrogen (secondary N) is 2. The van der Waals surface area contributed by atoms with Crippen molar-refractivity contribution in [1.29, 1.82) is 0 Å². The number of rotatable bonds is 3. The van der Waals surface area contributed by atoms with Gasteiger partial charge in [-0.1, -0.05) is 20.8 Å². The lowest BCUT2D eigenvalue weighted by Gasteiger charge is -2.17. The van der Waals surface area contributed by atoms with Crippen molar-refractivity contribution in [1.82, 2.24) is 25.3 Å². The Morgan fingerprint density at radius 1 is 1.27 bits per heavy atom. The lowest BCUT2D eigenvalue weighted by molar-refractivity contribution is 0.249. The van der Waals surface area contributed by atoms with Crippen molar-refractivity contribution in [2.24, 2.45) is 7.05 Å². The summed E-state index contributed by atoms with van der Waals surface area (Å²) in [5, 5.41) is 17.8. The van der Waals surface area contributed by atoms with E-state index in [1.165, 1.54) is 0 Å². The van der Waals surface area contributed by atoms with Crippen LogP contribution in [0.4, 0.5) is 10.6 Å². The van der Waals surface area contributed by atoms with Crippen LogP contribution in [0.2, 0.25) is 0 Å². The van der Waals surface area contributed by atoms with E-state index in [0.29, 0.717) is 5.82 Å². The summed E-state index contributed by atoms with van der Waals surface area (Å²) >= 11 is 0. The minimum Gasteiger partial charge on any atom is -0.331 e. The van der Waals surface area contributed by atoms with Crippen molar-refractivity contribution in [3.63, 3.8) is 0 Å². The molecule has 0 bridgehead atoms. The quantitative estimate of drug-likeness (QED) is 0.911. The van der Waals surface area contributed by atoms with Gasteiger partial charge in [-0.3, -0.25) is 10.00 Å². The first-order chi connectivity index (χ1) is 10.3. The molecule has 0 aliphatic carbocycles. The number of hydrogen-bond donors (Lipinski definition) is 2. The number of urea groups is 1. The van der Waals surface area contributed by atoms with Gasteiger partial charge in [0.1, 0.15) is 0 Å². The average molecular weight is 302 g/mol. The van der Waals surface area contributed by atoms with E-state index in [2.05, 4.69) is 46.7 Å². The van der Waals surface area contributed by atoms with E-state index in [9.17, 15) is 4.79 Å². The van der Waals surface area contributed by atoms with Crippen molar-refractivity contribution in [2.75, 3.05) is 5.32 Å². The maximum absolute atomic E-state index is 12.0. The molecule has 2 N–H and O–H groups in total. The van der Waals surface area contributed by atoms with Crippen LogP contribution in [0.25, 0.3) is 0 Å². The Kier molecular flexibility index (Phi) is 4.44. The number of nitrogens with zero attached hydrogens (tertiary/aromatic N) is 4. The molecule has 0 aliphatic heterocycles. The molecule has 2 aromatic rings. The van der Waals surface area contributed by atoms with Crippen molar-refractivity contribution in [3.8, 4) is 0 Å². The Morgan fingerprint density at radius 2 is 2.00 bits per heavy atom. The molecule has 2 aromatic heterocycles. The highest BCUT2D eigenvalue weighted by Gasteiger charge is 2.16. The molecule has 1 atom stereocenters. The van der Waals surface area contributed by atoms with E-state index in [-0.39, 0.29) is 17.5 Å². The molecule has 0 saturated carbocycles. The van der Waals surface area contributed by atoms with E-state index >= 15 is 0 Å². The highest BCUT2D eigenvalue weighted by atomic mass is 16.2. The standard InChI is InChI=1S/C15H22N6O/c1-10(11-8-16-21(5)9-11)17-14(22)18-13-7-6-12(19-20-13)15(2,3)4/h6-10H,1-5H3,(H2,17,18,20,22)/t10-/m1/s1. The van der Waals surface area contributed by atoms with Gasteiger partial charge in [0.25, 0.3) is 0 Å². The molecule has 2 amide bonds. The smallest absolute Gasteiger partial charge is 0.320 e. The van der Waals surface area contributed by atoms with Crippen LogP contribution >= 0.6 is 0 Å². The van der Waals surface area contributed by atoms with Gasteiger partial charge in [0, 0.05) is 24.2 Å². The van der Waals surface area contributed by atoms with Gasteiger partial charge in [-0.05, 0) is 19.1 Å². The minimum atomic E-state index is -0.325. The molecule has 0 radical (unpaired) electrons. The number of aryl methyl sites for hydroxylation is 1. The van der Waals surface area contributed by atoms with Gasteiger partial charge in [-0.2, -0.15) is 10.2 Å². The van der Waals surface area contributed by atoms with Crippen LogP contribution in [-0.2, 0) is 12.5 Å². The molecule has 0 aromatic carbocycles. The predicted octanol–water partition coefficient (Wildman–Crippen LogP) is 2.39. The second-order valence-corrected chi connectivity index (χ2v) is 6.32. The monoisotopic (exact) mass is 302 g/mol. The van der Waals surface area contributed by atoms with Crippen LogP contribution in [0.3, 0.4) is 0 Å². The molecule has 0 unspecified atom stereocenters. The maximum Gasteiger partial charge on any atom is 0.320 e. The lowest BCUT2D eigenvalue weighted by atomic mass is 9.92. The van der Waals surface area contributed by atoms with Crippen LogP contribution in [0.5, 0.6) is 0 Å². The van der Waals surface area contributed by atoms with Gasteiger partial charge in [0.15, 0.2) is 5.82 Å². The van der Waals surface area contributed by atoms with Crippen LogP contribution in [0.15, 0.2) is 24.5 Å². The maximum atomic E-state index is 12.0. The number of aromatic nitrogens is 4. The minimum absolute atomic E-state index is 0.0669. The molecule has 0 spiro atoms. The van der Waals surface area contributed by atoms with E-state index in [0.717, 1.165) is 11.3 Å². The SMILES string of the molecule is C[C@@H](NC(=O)Nc1ccc(C(C)(C)C)nn1)c1cnn(C)c1. The van der Waals surface area contributed by atoms with Gasteiger partial charge in [0.05, 0.1) is 17.9 Å². The van der Waals surface area contributed by atoms with Gasteiger partial charge in [-0.25, -0.2) is 4.79 Å². The van der Waals surface area contributed by atoms with Crippen LogP contribution < -0.4 is 10.6 Å². The second kappa shape index (κ2) is 6.13. The fourth-order valence-electron chi connectivity index (χ4n) is 1.90. The van der Waals surface area contributed by atoms with Gasteiger partial charge >= 0.3 is 6.03 Å². The predicted molar refractivity (Wildman–Crippen MR) is 84.5 cm³/mol. The van der Waals surface area contributed by atoms with E-state index < -0.39 is 0 Å². The van der Waals surface area contributed by atoms with Crippen LogP contribution in [-0.4, -0.2) is 26.0 Å². The molecule has 7 nitrogen and oxygen atoms in total. The fraction of sp³-hybridized carbons (Fsp3) is 0.467. The first-order valence-corrected chi connectivity index (χ1v) is 7.16. The summed E-state index contributed by atoms with van der Waals surface area (Å²) in [4.78, 5) is 12.0. The first kappa shape index (κ1) is 15.9. The van der Waals surface area contributed by atoms with Gasteiger partial charge in [0.2, 0.25) is 0 Å². The molecule has 2 rings (SSSR count). The zero-order valence-electron chi connectivity index (χ0n) is 13.6. The number of amides is 2. The number of anilines is 1. The van der Waals surface area contributed by atoms with Gasteiger partial charge < -0.3 is 5.32 Å². The lowest BCUT2D eigenvalue weighted by Crippen LogP contribution is -2.31. The Hall–Kier alpha value is -2.44. The third-order valence-electron chi connectivity index (χ3n) is 3.25. The molecule has 0 fully saturated rings. The topological polar surface area (TPSA) is 84.7 Å². The summed E-state index contributed by atoms with van der Waals surface area (Å²) in [6.07, 6.45) is 3.59. The van der Waals surface area contributed by atoms with E-state index in [1.54, 1.807) is 16.9 Å². The van der Waals surface area contributed by atoms with E-state index in [1.807, 2.05) is 26.2 Å². The van der Waals surface area contributed by atoms with E-state index in [4.69, 9.17) is 0 Å². The first-order valence-electron chi connectivity index (χ1n) is 7.16. The summed E-state index contributed by atoms with van der Waals surface area (Å²) < 4.78 is 1.70. The summed E-state index contributed by atoms with van der Waals surface area (Å²) in [5.41, 5.74) is 1.75. The molecule has 7 heteroatoms. The Bertz CT molecular complexity index is 641. The van der Waals surface area contributed by atoms with Crippen molar-refractivity contribution in [2.45, 2.75) is 39.2 Å². The summed E-state index contributed by atoms with van der Waals surface area (Å²) in [6, 6.07) is 3.15. The Balaban J connectivity index is 1.94. The molecule has 0 saturated heterocycles. The Labute approximate surface area is 130 Å². The number of hydrogen-bond acceptors (Lipinski definition) is 4. The summed E-state index contributed by atoms with van der Waals surface area (Å²) in [5.74, 6) is 0.420. The van der Waals surface area contributed by atoms with Gasteiger partial charge in [-0.15, -0.1) is 5.10 Å². The number of carbonyl (C=O) groups excluding carboxylic acids is 1. The third kappa shape index (κ3) is 4.03. The zero-order chi connectivity index (χ0) is 16.3. The molecule has 0 aliphatic rings. The summed E-state index contributed by atoms with van der Waals surface area (Å²) in [6.45, 7) is 8.08. The molecule has 2 heterocycles.